The molecule has 0 radical (unpaired) electrons. The molecule has 0 saturated heterocycles. The summed E-state index contributed by atoms with van der Waals surface area (Å²) in [5, 5.41) is 15.4. The highest BCUT2D eigenvalue weighted by Crippen LogP contribution is 2.38. The van der Waals surface area contributed by atoms with Crippen LogP contribution in [0.15, 0.2) is 24.4 Å². The zero-order valence-corrected chi connectivity index (χ0v) is 23.7. The van der Waals surface area contributed by atoms with Crippen LogP contribution in [0.2, 0.25) is 0 Å². The van der Waals surface area contributed by atoms with Gasteiger partial charge in [0.15, 0.2) is 5.82 Å². The molecule has 2 heterocycles. The highest BCUT2D eigenvalue weighted by molar-refractivity contribution is 6.04. The van der Waals surface area contributed by atoms with Gasteiger partial charge in [0.25, 0.3) is 5.91 Å². The average Bonchev–Trinajstić information content (AvgIpc) is 2.89. The summed E-state index contributed by atoms with van der Waals surface area (Å²) in [6, 6.07) is 5.02. The molecule has 0 saturated carbocycles. The smallest absolute Gasteiger partial charge is 0.251 e. The molecule has 1 aromatic heterocycles. The van der Waals surface area contributed by atoms with E-state index in [1.54, 1.807) is 36.3 Å². The van der Waals surface area contributed by atoms with Crippen LogP contribution in [0.25, 0.3) is 0 Å². The molecule has 0 fully saturated rings. The number of anilines is 4. The van der Waals surface area contributed by atoms with E-state index in [1.165, 1.54) is 7.11 Å². The monoisotopic (exact) mass is 526 g/mol. The third-order valence-corrected chi connectivity index (χ3v) is 7.08. The predicted molar refractivity (Wildman–Crippen MR) is 151 cm³/mol. The number of fused-ring (bicyclic) bond motifs is 1. The summed E-state index contributed by atoms with van der Waals surface area (Å²) in [7, 11) is 3.31. The Hall–Kier alpha value is -3.40. The number of rotatable bonds is 12. The molecule has 0 aliphatic carbocycles. The summed E-state index contributed by atoms with van der Waals surface area (Å²) in [4.78, 5) is 39.2. The van der Waals surface area contributed by atoms with Crippen molar-refractivity contribution in [2.24, 2.45) is 0 Å². The number of carbonyl (C=O) groups excluding carboxylic acids is 2. The Morgan fingerprint density at radius 3 is 2.61 bits per heavy atom. The minimum absolute atomic E-state index is 0.0158. The fourth-order valence-electron chi connectivity index (χ4n) is 4.91. The topological polar surface area (TPSA) is 120 Å². The lowest BCUT2D eigenvalue weighted by atomic mass is 10.00. The first-order chi connectivity index (χ1) is 18.1. The van der Waals surface area contributed by atoms with E-state index in [-0.39, 0.29) is 30.5 Å². The van der Waals surface area contributed by atoms with Gasteiger partial charge in [-0.3, -0.25) is 9.59 Å². The molecule has 2 aromatic rings. The Balaban J connectivity index is 1.94. The Labute approximate surface area is 225 Å². The van der Waals surface area contributed by atoms with Gasteiger partial charge < -0.3 is 30.3 Å². The zero-order valence-electron chi connectivity index (χ0n) is 23.7. The van der Waals surface area contributed by atoms with Crippen LogP contribution >= 0.6 is 0 Å². The first-order valence-corrected chi connectivity index (χ1v) is 13.4. The van der Waals surface area contributed by atoms with Gasteiger partial charge in [0, 0.05) is 30.8 Å². The lowest BCUT2D eigenvalue weighted by Gasteiger charge is -2.44. The number of nitrogens with zero attached hydrogens (tertiary/aromatic N) is 4. The van der Waals surface area contributed by atoms with Crippen molar-refractivity contribution in [1.29, 1.82) is 0 Å². The molecule has 1 unspecified atom stereocenters. The van der Waals surface area contributed by atoms with Crippen LogP contribution in [-0.2, 0) is 4.79 Å². The Bertz CT molecular complexity index is 1140. The van der Waals surface area contributed by atoms with E-state index in [0.29, 0.717) is 41.5 Å². The van der Waals surface area contributed by atoms with Crippen molar-refractivity contribution < 1.29 is 19.4 Å². The van der Waals surface area contributed by atoms with Gasteiger partial charge in [-0.25, -0.2) is 4.98 Å². The Morgan fingerprint density at radius 1 is 1.26 bits per heavy atom. The molecule has 1 aromatic carbocycles. The molecular formula is C28H42N6O4. The third-order valence-electron chi connectivity index (χ3n) is 7.08. The second kappa shape index (κ2) is 12.4. The van der Waals surface area contributed by atoms with Crippen molar-refractivity contribution in [2.75, 3.05) is 35.9 Å². The van der Waals surface area contributed by atoms with E-state index in [0.717, 1.165) is 25.1 Å². The molecule has 2 atom stereocenters. The van der Waals surface area contributed by atoms with E-state index >= 15 is 0 Å². The van der Waals surface area contributed by atoms with Crippen molar-refractivity contribution in [3.8, 4) is 5.75 Å². The number of benzene rings is 1. The first kappa shape index (κ1) is 29.2. The molecule has 3 rings (SSSR count). The normalized spacial score (nSPS) is 16.2. The fraction of sp³-hybridized carbons (Fsp3) is 0.571. The summed E-state index contributed by atoms with van der Waals surface area (Å²) < 4.78 is 5.57. The van der Waals surface area contributed by atoms with Crippen LogP contribution in [-0.4, -0.2) is 65.3 Å². The SMILES string of the molecule is CCCC(CC)N1c2nc(Nc3ccc(C(=O)NC(C)(C)CCO)cc3OC)ncc2N(C)C(=O)[C@H]1CC. The number of nitrogens with one attached hydrogen (secondary N) is 2. The van der Waals surface area contributed by atoms with Crippen molar-refractivity contribution in [3.63, 3.8) is 0 Å². The third kappa shape index (κ3) is 6.18. The minimum Gasteiger partial charge on any atom is -0.495 e. The van der Waals surface area contributed by atoms with E-state index in [4.69, 9.17) is 9.72 Å². The largest absolute Gasteiger partial charge is 0.495 e. The van der Waals surface area contributed by atoms with Gasteiger partial charge in [-0.2, -0.15) is 4.98 Å². The number of hydrogen-bond acceptors (Lipinski definition) is 8. The number of methoxy groups -OCH3 is 1. The average molecular weight is 527 g/mol. The summed E-state index contributed by atoms with van der Waals surface area (Å²) >= 11 is 0. The molecular weight excluding hydrogens is 484 g/mol. The van der Waals surface area contributed by atoms with Crippen molar-refractivity contribution in [1.82, 2.24) is 15.3 Å². The van der Waals surface area contributed by atoms with Gasteiger partial charge in [-0.05, 0) is 57.7 Å². The van der Waals surface area contributed by atoms with Crippen LogP contribution in [0.5, 0.6) is 5.75 Å². The summed E-state index contributed by atoms with van der Waals surface area (Å²) in [5.41, 5.74) is 1.19. The van der Waals surface area contributed by atoms with Crippen LogP contribution in [0.1, 0.15) is 77.1 Å². The molecule has 3 N–H and O–H groups in total. The summed E-state index contributed by atoms with van der Waals surface area (Å²) in [5.74, 6) is 1.37. The number of carbonyl (C=O) groups is 2. The van der Waals surface area contributed by atoms with E-state index < -0.39 is 5.54 Å². The van der Waals surface area contributed by atoms with Crippen LogP contribution in [0.4, 0.5) is 23.1 Å². The number of aliphatic hydroxyl groups excluding tert-OH is 1. The molecule has 1 aliphatic rings. The molecule has 1 aliphatic heterocycles. The predicted octanol–water partition coefficient (Wildman–Crippen LogP) is 4.26. The molecule has 10 heteroatoms. The molecule has 0 bridgehead atoms. The maximum atomic E-state index is 13.2. The quantitative estimate of drug-likeness (QED) is 0.375. The van der Waals surface area contributed by atoms with E-state index in [9.17, 15) is 14.7 Å². The Kier molecular flexibility index (Phi) is 9.54. The van der Waals surface area contributed by atoms with Gasteiger partial charge in [0.05, 0.1) is 19.0 Å². The minimum atomic E-state index is -0.544. The molecule has 2 amide bonds. The summed E-state index contributed by atoms with van der Waals surface area (Å²) in [6.07, 6.45) is 5.68. The number of ether oxygens (including phenoxy) is 1. The lowest BCUT2D eigenvalue weighted by molar-refractivity contribution is -0.120. The Morgan fingerprint density at radius 2 is 2.00 bits per heavy atom. The van der Waals surface area contributed by atoms with Crippen LogP contribution in [0, 0.1) is 0 Å². The molecule has 10 nitrogen and oxygen atoms in total. The van der Waals surface area contributed by atoms with Crippen molar-refractivity contribution >= 4 is 35.0 Å². The number of hydrogen-bond donors (Lipinski definition) is 3. The number of amides is 2. The second-order valence-electron chi connectivity index (χ2n) is 10.3. The molecule has 208 valence electrons. The fourth-order valence-corrected chi connectivity index (χ4v) is 4.91. The van der Waals surface area contributed by atoms with E-state index in [2.05, 4.69) is 34.4 Å². The highest BCUT2D eigenvalue weighted by Gasteiger charge is 2.39. The zero-order chi connectivity index (χ0) is 28.0. The summed E-state index contributed by atoms with van der Waals surface area (Å²) in [6.45, 7) is 10.0. The van der Waals surface area contributed by atoms with Crippen molar-refractivity contribution in [2.45, 2.75) is 84.3 Å². The molecule has 38 heavy (non-hydrogen) atoms. The number of aliphatic hydroxyl groups is 1. The van der Waals surface area contributed by atoms with Crippen LogP contribution < -0.4 is 25.2 Å². The highest BCUT2D eigenvalue weighted by atomic mass is 16.5. The van der Waals surface area contributed by atoms with Gasteiger partial charge in [0.2, 0.25) is 11.9 Å². The molecule has 0 spiro atoms. The van der Waals surface area contributed by atoms with Gasteiger partial charge in [-0.15, -0.1) is 0 Å². The van der Waals surface area contributed by atoms with Gasteiger partial charge in [0.1, 0.15) is 17.5 Å². The van der Waals surface area contributed by atoms with Gasteiger partial charge >= 0.3 is 0 Å². The lowest BCUT2D eigenvalue weighted by Crippen LogP contribution is -2.56. The maximum absolute atomic E-state index is 13.2. The number of aromatic nitrogens is 2. The van der Waals surface area contributed by atoms with Crippen LogP contribution in [0.3, 0.4) is 0 Å². The number of likely N-dealkylation sites (N-methyl/N-ethyl adjacent to an activating group) is 1. The van der Waals surface area contributed by atoms with Gasteiger partial charge in [-0.1, -0.05) is 27.2 Å². The first-order valence-electron chi connectivity index (χ1n) is 13.4. The second-order valence-corrected chi connectivity index (χ2v) is 10.3. The standard InChI is InChI=1S/C28H42N6O4/c1-8-11-19(9-2)34-21(10-3)26(37)33(6)22-17-29-27(31-24(22)34)30-20-13-12-18(16-23(20)38-7)25(36)32-28(4,5)14-15-35/h12-13,16-17,19,21,35H,8-11,14-15H2,1-7H3,(H,32,36)(H,29,30,31)/t19?,21-/m1/s1. The van der Waals surface area contributed by atoms with E-state index in [1.807, 2.05) is 20.8 Å². The maximum Gasteiger partial charge on any atom is 0.251 e. The van der Waals surface area contributed by atoms with Crippen molar-refractivity contribution in [3.05, 3.63) is 30.0 Å².